The first-order valence-electron chi connectivity index (χ1n) is 6.72. The van der Waals surface area contributed by atoms with Crippen molar-refractivity contribution >= 4 is 34.1 Å². The van der Waals surface area contributed by atoms with Gasteiger partial charge in [0.15, 0.2) is 0 Å². The first kappa shape index (κ1) is 14.8. The van der Waals surface area contributed by atoms with Crippen LogP contribution in [0.2, 0.25) is 5.02 Å². The van der Waals surface area contributed by atoms with Gasteiger partial charge in [0.2, 0.25) is 5.91 Å². The molecule has 2 rings (SSSR count). The highest BCUT2D eigenvalue weighted by molar-refractivity contribution is 6.32. The number of halogens is 1. The van der Waals surface area contributed by atoms with Crippen molar-refractivity contribution in [3.8, 4) is 0 Å². The first-order chi connectivity index (χ1) is 9.61. The molecule has 20 heavy (non-hydrogen) atoms. The van der Waals surface area contributed by atoms with E-state index >= 15 is 0 Å². The Bertz CT molecular complexity index is 615. The molecule has 4 nitrogen and oxygen atoms in total. The summed E-state index contributed by atoms with van der Waals surface area (Å²) in [6, 6.07) is 6.74. The van der Waals surface area contributed by atoms with E-state index < -0.39 is 6.04 Å². The smallest absolute Gasteiger partial charge is 0.241 e. The molecule has 1 aromatic heterocycles. The van der Waals surface area contributed by atoms with Gasteiger partial charge in [0, 0.05) is 16.6 Å². The highest BCUT2D eigenvalue weighted by atomic mass is 35.5. The van der Waals surface area contributed by atoms with E-state index in [1.165, 1.54) is 0 Å². The molecule has 0 aliphatic rings. The molecule has 0 saturated heterocycles. The highest BCUT2D eigenvalue weighted by Crippen LogP contribution is 2.26. The number of pyridine rings is 1. The molecule has 1 heterocycles. The normalized spacial score (nSPS) is 12.3. The third-order valence-corrected chi connectivity index (χ3v) is 3.35. The van der Waals surface area contributed by atoms with Crippen LogP contribution in [-0.4, -0.2) is 16.9 Å². The molecule has 106 valence electrons. The Labute approximate surface area is 123 Å². The van der Waals surface area contributed by atoms with Gasteiger partial charge in [0.25, 0.3) is 0 Å². The fourth-order valence-electron chi connectivity index (χ4n) is 2.03. The number of benzene rings is 1. The number of rotatable bonds is 5. The van der Waals surface area contributed by atoms with Crippen LogP contribution in [0, 0.1) is 0 Å². The quantitative estimate of drug-likeness (QED) is 0.888. The molecule has 0 radical (unpaired) electrons. The van der Waals surface area contributed by atoms with Gasteiger partial charge < -0.3 is 11.1 Å². The van der Waals surface area contributed by atoms with Crippen LogP contribution in [0.5, 0.6) is 0 Å². The number of carbonyl (C=O) groups excluding carboxylic acids is 1. The molecule has 0 fully saturated rings. The molecule has 2 aromatic rings. The number of amides is 1. The minimum atomic E-state index is -0.507. The van der Waals surface area contributed by atoms with E-state index in [0.717, 1.165) is 18.2 Å². The summed E-state index contributed by atoms with van der Waals surface area (Å²) in [6.07, 6.45) is 4.31. The molecule has 1 atom stereocenters. The van der Waals surface area contributed by atoms with Crippen molar-refractivity contribution < 1.29 is 4.79 Å². The Kier molecular flexibility index (Phi) is 4.93. The fraction of sp³-hybridized carbons (Fsp3) is 0.333. The van der Waals surface area contributed by atoms with Crippen molar-refractivity contribution in [3.63, 3.8) is 0 Å². The first-order valence-corrected chi connectivity index (χ1v) is 7.10. The lowest BCUT2D eigenvalue weighted by molar-refractivity contribution is -0.117. The van der Waals surface area contributed by atoms with Gasteiger partial charge in [-0.15, -0.1) is 0 Å². The summed E-state index contributed by atoms with van der Waals surface area (Å²) in [4.78, 5) is 16.3. The van der Waals surface area contributed by atoms with Gasteiger partial charge in [-0.1, -0.05) is 37.4 Å². The Morgan fingerprint density at radius 3 is 3.05 bits per heavy atom. The Balaban J connectivity index is 2.23. The summed E-state index contributed by atoms with van der Waals surface area (Å²) in [6.45, 7) is 2.07. The number of fused-ring (bicyclic) bond motifs is 1. The molecule has 0 spiro atoms. The van der Waals surface area contributed by atoms with Crippen molar-refractivity contribution in [2.75, 3.05) is 5.32 Å². The Morgan fingerprint density at radius 1 is 1.50 bits per heavy atom. The zero-order valence-electron chi connectivity index (χ0n) is 11.4. The molecule has 0 bridgehead atoms. The average Bonchev–Trinajstić information content (AvgIpc) is 2.44. The van der Waals surface area contributed by atoms with E-state index in [0.29, 0.717) is 22.6 Å². The van der Waals surface area contributed by atoms with E-state index in [-0.39, 0.29) is 5.91 Å². The predicted octanol–water partition coefficient (Wildman–Crippen LogP) is 3.34. The largest absolute Gasteiger partial charge is 0.323 e. The molecule has 0 aliphatic carbocycles. The maximum atomic E-state index is 12.1. The lowest BCUT2D eigenvalue weighted by Crippen LogP contribution is -2.35. The van der Waals surface area contributed by atoms with Gasteiger partial charge in [0.1, 0.15) is 0 Å². The monoisotopic (exact) mass is 291 g/mol. The van der Waals surface area contributed by atoms with Crippen molar-refractivity contribution in [1.82, 2.24) is 4.98 Å². The van der Waals surface area contributed by atoms with Crippen LogP contribution in [0.3, 0.4) is 0 Å². The van der Waals surface area contributed by atoms with Crippen molar-refractivity contribution in [1.29, 1.82) is 0 Å². The molecule has 1 aromatic carbocycles. The van der Waals surface area contributed by atoms with Crippen LogP contribution in [0.25, 0.3) is 10.9 Å². The molecule has 1 unspecified atom stereocenters. The SMILES string of the molecule is CCCCC(N)C(=O)Nc1cc(Cl)cc2cccnc12. The molecular formula is C15H18ClN3O. The predicted molar refractivity (Wildman–Crippen MR) is 82.9 cm³/mol. The summed E-state index contributed by atoms with van der Waals surface area (Å²) in [5, 5.41) is 4.27. The van der Waals surface area contributed by atoms with Crippen LogP contribution in [-0.2, 0) is 4.79 Å². The standard InChI is InChI=1S/C15H18ClN3O/c1-2-3-6-12(17)15(20)19-13-9-11(16)8-10-5-4-7-18-14(10)13/h4-5,7-9,12H,2-3,6,17H2,1H3,(H,19,20). The average molecular weight is 292 g/mol. The van der Waals surface area contributed by atoms with Crippen molar-refractivity contribution in [3.05, 3.63) is 35.5 Å². The summed E-state index contributed by atoms with van der Waals surface area (Å²) < 4.78 is 0. The summed E-state index contributed by atoms with van der Waals surface area (Å²) in [5.41, 5.74) is 7.19. The number of anilines is 1. The number of nitrogens with two attached hydrogens (primary N) is 1. The van der Waals surface area contributed by atoms with Gasteiger partial charge >= 0.3 is 0 Å². The zero-order valence-corrected chi connectivity index (χ0v) is 12.2. The zero-order chi connectivity index (χ0) is 14.5. The van der Waals surface area contributed by atoms with E-state index in [2.05, 4.69) is 17.2 Å². The molecule has 5 heteroatoms. The van der Waals surface area contributed by atoms with Crippen molar-refractivity contribution in [2.45, 2.75) is 32.2 Å². The van der Waals surface area contributed by atoms with E-state index in [1.54, 1.807) is 12.3 Å². The summed E-state index contributed by atoms with van der Waals surface area (Å²) >= 11 is 6.06. The Morgan fingerprint density at radius 2 is 2.30 bits per heavy atom. The van der Waals surface area contributed by atoms with Crippen LogP contribution in [0.1, 0.15) is 26.2 Å². The van der Waals surface area contributed by atoms with Crippen LogP contribution < -0.4 is 11.1 Å². The number of nitrogens with zero attached hydrogens (tertiary/aromatic N) is 1. The maximum absolute atomic E-state index is 12.1. The van der Waals surface area contributed by atoms with E-state index in [4.69, 9.17) is 17.3 Å². The molecular weight excluding hydrogens is 274 g/mol. The summed E-state index contributed by atoms with van der Waals surface area (Å²) in [5.74, 6) is -0.201. The number of unbranched alkanes of at least 4 members (excludes halogenated alkanes) is 1. The number of carbonyl (C=O) groups is 1. The van der Waals surface area contributed by atoms with Crippen LogP contribution in [0.15, 0.2) is 30.5 Å². The second-order valence-electron chi connectivity index (χ2n) is 4.77. The molecule has 3 N–H and O–H groups in total. The number of aromatic nitrogens is 1. The number of nitrogens with one attached hydrogen (secondary N) is 1. The third kappa shape index (κ3) is 3.46. The van der Waals surface area contributed by atoms with Gasteiger partial charge in [-0.25, -0.2) is 0 Å². The van der Waals surface area contributed by atoms with Gasteiger partial charge in [-0.05, 0) is 24.6 Å². The topological polar surface area (TPSA) is 68.0 Å². The van der Waals surface area contributed by atoms with Gasteiger partial charge in [-0.2, -0.15) is 0 Å². The minimum absolute atomic E-state index is 0.201. The van der Waals surface area contributed by atoms with Crippen LogP contribution in [0.4, 0.5) is 5.69 Å². The van der Waals surface area contributed by atoms with E-state index in [9.17, 15) is 4.79 Å². The molecule has 0 aliphatic heterocycles. The summed E-state index contributed by atoms with van der Waals surface area (Å²) in [7, 11) is 0. The fourth-order valence-corrected chi connectivity index (χ4v) is 2.26. The second-order valence-corrected chi connectivity index (χ2v) is 5.20. The van der Waals surface area contributed by atoms with Crippen molar-refractivity contribution in [2.24, 2.45) is 5.73 Å². The minimum Gasteiger partial charge on any atom is -0.323 e. The third-order valence-electron chi connectivity index (χ3n) is 3.13. The maximum Gasteiger partial charge on any atom is 0.241 e. The highest BCUT2D eigenvalue weighted by Gasteiger charge is 2.15. The van der Waals surface area contributed by atoms with Gasteiger partial charge in [-0.3, -0.25) is 9.78 Å². The molecule has 1 amide bonds. The molecule has 0 saturated carbocycles. The van der Waals surface area contributed by atoms with Gasteiger partial charge in [0.05, 0.1) is 17.2 Å². The number of hydrogen-bond acceptors (Lipinski definition) is 3. The second kappa shape index (κ2) is 6.68. The lowest BCUT2D eigenvalue weighted by atomic mass is 10.1. The Hall–Kier alpha value is -1.65. The van der Waals surface area contributed by atoms with E-state index in [1.807, 2.05) is 18.2 Å². The van der Waals surface area contributed by atoms with Crippen LogP contribution >= 0.6 is 11.6 Å². The lowest BCUT2D eigenvalue weighted by Gasteiger charge is -2.13. The number of hydrogen-bond donors (Lipinski definition) is 2.